The third kappa shape index (κ3) is 7.21. The van der Waals surface area contributed by atoms with Crippen LogP contribution in [0.2, 0.25) is 0 Å². The summed E-state index contributed by atoms with van der Waals surface area (Å²) >= 11 is 0. The summed E-state index contributed by atoms with van der Waals surface area (Å²) in [7, 11) is 0. The fraction of sp³-hybridized carbons (Fsp3) is 0.294. The van der Waals surface area contributed by atoms with Gasteiger partial charge >= 0.3 is 0 Å². The first-order chi connectivity index (χ1) is 34.1. The summed E-state index contributed by atoms with van der Waals surface area (Å²) in [4.78, 5) is 5.31. The molecule has 0 N–H and O–H groups in total. The highest BCUT2D eigenvalue weighted by Gasteiger charge is 2.47. The fourth-order valence-electron chi connectivity index (χ4n) is 12.5. The highest BCUT2D eigenvalue weighted by molar-refractivity contribution is 7.00. The predicted molar refractivity (Wildman–Crippen MR) is 312 cm³/mol. The normalized spacial score (nSPS) is 15.9. The summed E-state index contributed by atoms with van der Waals surface area (Å²) in [6, 6.07) is 63.7. The first-order valence-corrected chi connectivity index (χ1v) is 26.5. The second kappa shape index (κ2) is 15.9. The van der Waals surface area contributed by atoms with E-state index in [4.69, 9.17) is 0 Å². The van der Waals surface area contributed by atoms with Crippen molar-refractivity contribution >= 4 is 79.0 Å². The SMILES string of the molecule is CC(C)(C)c1ccc(N2c3ccc(C(C)(C)C)cc3B3c4cc5c(cc4N(c4ccc(C(C)(C)C)cc4-c4ccccc4)c4cc(-n6c7ccccc7c7ccccc76)cc2c43)C(C)(C)CCC5(C)C)cc1. The Hall–Kier alpha value is -6.78. The van der Waals surface area contributed by atoms with Crippen molar-refractivity contribution in [2.45, 2.75) is 130 Å². The van der Waals surface area contributed by atoms with E-state index in [-0.39, 0.29) is 33.8 Å². The molecule has 0 spiro atoms. The third-order valence-corrected chi connectivity index (χ3v) is 16.9. The van der Waals surface area contributed by atoms with E-state index in [9.17, 15) is 0 Å². The van der Waals surface area contributed by atoms with Crippen molar-refractivity contribution in [3.05, 3.63) is 192 Å². The number of para-hydroxylation sites is 2. The van der Waals surface area contributed by atoms with E-state index < -0.39 is 0 Å². The molecule has 0 atom stereocenters. The number of fused-ring (bicyclic) bond motifs is 8. The van der Waals surface area contributed by atoms with E-state index in [1.54, 1.807) is 0 Å². The van der Waals surface area contributed by atoms with Gasteiger partial charge in [-0.05, 0) is 150 Å². The van der Waals surface area contributed by atoms with Crippen LogP contribution in [0, 0.1) is 0 Å². The molecule has 72 heavy (non-hydrogen) atoms. The molecule has 8 aromatic carbocycles. The predicted octanol–water partition coefficient (Wildman–Crippen LogP) is 16.8. The topological polar surface area (TPSA) is 11.4 Å². The smallest absolute Gasteiger partial charge is 0.252 e. The van der Waals surface area contributed by atoms with Crippen LogP contribution in [0.3, 0.4) is 0 Å². The Bertz CT molecular complexity index is 3590. The van der Waals surface area contributed by atoms with Crippen LogP contribution in [0.15, 0.2) is 164 Å². The Morgan fingerprint density at radius 2 is 0.889 bits per heavy atom. The number of hydrogen-bond donors (Lipinski definition) is 0. The Labute approximate surface area is 429 Å². The Balaban J connectivity index is 1.28. The van der Waals surface area contributed by atoms with Gasteiger partial charge in [-0.3, -0.25) is 0 Å². The molecule has 0 saturated heterocycles. The van der Waals surface area contributed by atoms with Gasteiger partial charge in [-0.2, -0.15) is 0 Å². The van der Waals surface area contributed by atoms with Crippen LogP contribution in [0.4, 0.5) is 34.1 Å². The summed E-state index contributed by atoms with van der Waals surface area (Å²) in [5, 5.41) is 2.52. The van der Waals surface area contributed by atoms with E-state index in [1.165, 1.54) is 106 Å². The number of benzene rings is 8. The first kappa shape index (κ1) is 46.3. The summed E-state index contributed by atoms with van der Waals surface area (Å²) in [6.07, 6.45) is 2.30. The second-order valence-electron chi connectivity index (χ2n) is 25.8. The zero-order valence-electron chi connectivity index (χ0n) is 44.9. The minimum Gasteiger partial charge on any atom is -0.311 e. The number of rotatable bonds is 4. The van der Waals surface area contributed by atoms with Gasteiger partial charge < -0.3 is 14.4 Å². The molecule has 2 aliphatic heterocycles. The maximum atomic E-state index is 2.70. The fourth-order valence-corrected chi connectivity index (χ4v) is 12.5. The highest BCUT2D eigenvalue weighted by atomic mass is 15.2. The lowest BCUT2D eigenvalue weighted by Crippen LogP contribution is -2.62. The molecular weight excluding hydrogens is 870 g/mol. The molecule has 0 bridgehead atoms. The molecule has 3 heterocycles. The van der Waals surface area contributed by atoms with E-state index >= 15 is 0 Å². The average Bonchev–Trinajstić information content (AvgIpc) is 3.68. The van der Waals surface area contributed by atoms with Gasteiger partial charge in [0.25, 0.3) is 6.71 Å². The van der Waals surface area contributed by atoms with Gasteiger partial charge in [0.05, 0.1) is 22.4 Å². The van der Waals surface area contributed by atoms with Crippen LogP contribution < -0.4 is 26.2 Å². The van der Waals surface area contributed by atoms with E-state index in [0.29, 0.717) is 0 Å². The van der Waals surface area contributed by atoms with Crippen LogP contribution in [-0.4, -0.2) is 11.3 Å². The molecule has 4 heteroatoms. The second-order valence-corrected chi connectivity index (χ2v) is 25.8. The van der Waals surface area contributed by atoms with Crippen LogP contribution in [-0.2, 0) is 27.1 Å². The van der Waals surface area contributed by atoms with E-state index in [0.717, 1.165) is 24.2 Å². The minimum absolute atomic E-state index is 0.0000555. The van der Waals surface area contributed by atoms with Gasteiger partial charge in [0.2, 0.25) is 0 Å². The molecule has 3 aliphatic rings. The minimum atomic E-state index is -0.0531. The standard InChI is InChI=1S/C68H70BN3/c1-64(2,3)44-27-31-47(32-28-44)70-59-34-30-46(66(7,8)9)38-54(59)69-55-41-52-53(68(12,13)36-35-67(52,10)11)42-60(55)72(58-33-29-45(65(4,5)6)37-51(58)43-21-15-14-16-22-43)62-40-48(39-61(70)63(62)69)71-56-25-19-17-23-49(56)50-24-18-20-26-57(50)71/h14-34,37-42H,35-36H2,1-13H3. The van der Waals surface area contributed by atoms with E-state index in [2.05, 4.69) is 268 Å². The lowest BCUT2D eigenvalue weighted by molar-refractivity contribution is 0.332. The maximum Gasteiger partial charge on any atom is 0.252 e. The molecule has 360 valence electrons. The third-order valence-electron chi connectivity index (χ3n) is 16.9. The summed E-state index contributed by atoms with van der Waals surface area (Å²) < 4.78 is 2.53. The van der Waals surface area contributed by atoms with Crippen molar-refractivity contribution in [3.8, 4) is 16.8 Å². The molecule has 9 aromatic rings. The summed E-state index contributed by atoms with van der Waals surface area (Å²) in [5.74, 6) is 0. The van der Waals surface area contributed by atoms with Crippen LogP contribution in [0.5, 0.6) is 0 Å². The molecule has 0 radical (unpaired) electrons. The highest BCUT2D eigenvalue weighted by Crippen LogP contribution is 2.53. The molecule has 1 aromatic heterocycles. The van der Waals surface area contributed by atoms with Crippen LogP contribution in [0.1, 0.15) is 131 Å². The van der Waals surface area contributed by atoms with Crippen molar-refractivity contribution < 1.29 is 0 Å². The summed E-state index contributed by atoms with van der Waals surface area (Å²) in [6.45, 7) is 30.9. The lowest BCUT2D eigenvalue weighted by atomic mass is 9.33. The van der Waals surface area contributed by atoms with Gasteiger partial charge in [-0.1, -0.05) is 193 Å². The number of aromatic nitrogens is 1. The first-order valence-electron chi connectivity index (χ1n) is 26.5. The zero-order valence-corrected chi connectivity index (χ0v) is 44.9. The molecule has 12 rings (SSSR count). The zero-order chi connectivity index (χ0) is 50.4. The van der Waals surface area contributed by atoms with Crippen molar-refractivity contribution in [1.82, 2.24) is 4.57 Å². The maximum absolute atomic E-state index is 2.70. The molecule has 0 unspecified atom stereocenters. The van der Waals surface area contributed by atoms with E-state index in [1.807, 2.05) is 0 Å². The number of nitrogens with zero attached hydrogens (tertiary/aromatic N) is 3. The van der Waals surface area contributed by atoms with Gasteiger partial charge in [0.1, 0.15) is 0 Å². The Morgan fingerprint density at radius 3 is 1.47 bits per heavy atom. The number of hydrogen-bond acceptors (Lipinski definition) is 2. The van der Waals surface area contributed by atoms with Crippen molar-refractivity contribution in [2.24, 2.45) is 0 Å². The van der Waals surface area contributed by atoms with Crippen molar-refractivity contribution in [3.63, 3.8) is 0 Å². The molecule has 0 amide bonds. The monoisotopic (exact) mass is 940 g/mol. The number of anilines is 6. The summed E-state index contributed by atoms with van der Waals surface area (Å²) in [5.41, 5.74) is 24.3. The quantitative estimate of drug-likeness (QED) is 0.163. The molecule has 0 fully saturated rings. The molecule has 3 nitrogen and oxygen atoms in total. The van der Waals surface area contributed by atoms with Crippen molar-refractivity contribution in [2.75, 3.05) is 9.80 Å². The Kier molecular flexibility index (Phi) is 10.2. The van der Waals surface area contributed by atoms with Gasteiger partial charge in [0.15, 0.2) is 0 Å². The van der Waals surface area contributed by atoms with Gasteiger partial charge in [-0.25, -0.2) is 0 Å². The largest absolute Gasteiger partial charge is 0.311 e. The van der Waals surface area contributed by atoms with Crippen LogP contribution >= 0.6 is 0 Å². The molecule has 0 saturated carbocycles. The van der Waals surface area contributed by atoms with Crippen molar-refractivity contribution in [1.29, 1.82) is 0 Å². The molecule has 1 aliphatic carbocycles. The lowest BCUT2D eigenvalue weighted by Gasteiger charge is -2.48. The molecular formula is C68H70BN3. The average molecular weight is 940 g/mol. The van der Waals surface area contributed by atoms with Gasteiger partial charge in [0, 0.05) is 44.8 Å². The Morgan fingerprint density at radius 1 is 0.403 bits per heavy atom. The van der Waals surface area contributed by atoms with Gasteiger partial charge in [-0.15, -0.1) is 0 Å². The van der Waals surface area contributed by atoms with Crippen LogP contribution in [0.25, 0.3) is 38.6 Å².